The average Bonchev–Trinajstić information content (AvgIpc) is 2.96. The van der Waals surface area contributed by atoms with Gasteiger partial charge in [-0.2, -0.15) is 0 Å². The highest BCUT2D eigenvalue weighted by Crippen LogP contribution is 2.52. The molecule has 0 aromatic heterocycles. The summed E-state index contributed by atoms with van der Waals surface area (Å²) in [7, 11) is 0. The van der Waals surface area contributed by atoms with Crippen molar-refractivity contribution >= 4 is 21.9 Å². The van der Waals surface area contributed by atoms with Gasteiger partial charge in [0.25, 0.3) is 0 Å². The van der Waals surface area contributed by atoms with Crippen molar-refractivity contribution in [3.05, 3.63) is 63.6 Å². The fourth-order valence-corrected chi connectivity index (χ4v) is 5.01. The largest absolute Gasteiger partial charge is 0.485 e. The topological polar surface area (TPSA) is 47.6 Å². The fraction of sp³-hybridized carbons (Fsp3) is 0.435. The third-order valence-corrected chi connectivity index (χ3v) is 6.44. The molecule has 0 radical (unpaired) electrons. The summed E-state index contributed by atoms with van der Waals surface area (Å²) in [6.45, 7) is 4.30. The molecule has 1 heterocycles. The van der Waals surface area contributed by atoms with Gasteiger partial charge in [0.05, 0.1) is 13.0 Å². The first kappa shape index (κ1) is 19.5. The SMILES string of the molecule is CCOC(=O)Cc1ccccc1O[C@H]1CC2(CCNCC2)c2ccc(Br)cc21. The molecular formula is C23H26BrNO3. The van der Waals surface area contributed by atoms with Crippen LogP contribution in [0.5, 0.6) is 5.75 Å². The van der Waals surface area contributed by atoms with E-state index in [9.17, 15) is 4.79 Å². The van der Waals surface area contributed by atoms with Crippen molar-refractivity contribution in [3.8, 4) is 5.75 Å². The van der Waals surface area contributed by atoms with Gasteiger partial charge in [0.1, 0.15) is 11.9 Å². The predicted octanol–water partition coefficient (Wildman–Crippen LogP) is 4.70. The summed E-state index contributed by atoms with van der Waals surface area (Å²) < 4.78 is 12.7. The van der Waals surface area contributed by atoms with Gasteiger partial charge in [0, 0.05) is 15.5 Å². The standard InChI is InChI=1S/C23H26BrNO3/c1-2-27-22(26)13-16-5-3-4-6-20(16)28-21-15-23(9-11-25-12-10-23)19-8-7-17(24)14-18(19)21/h3-8,14,21,25H,2,9-13,15H2,1H3/t21-/m0/s1. The number of hydrogen-bond donors (Lipinski definition) is 1. The lowest BCUT2D eigenvalue weighted by atomic mass is 9.74. The summed E-state index contributed by atoms with van der Waals surface area (Å²) in [5.74, 6) is 0.556. The minimum atomic E-state index is -0.219. The van der Waals surface area contributed by atoms with E-state index in [1.54, 1.807) is 0 Å². The normalized spacial score (nSPS) is 20.0. The van der Waals surface area contributed by atoms with Gasteiger partial charge in [0.15, 0.2) is 0 Å². The molecule has 1 saturated heterocycles. The van der Waals surface area contributed by atoms with E-state index in [1.807, 2.05) is 31.2 Å². The second kappa shape index (κ2) is 8.26. The molecule has 28 heavy (non-hydrogen) atoms. The smallest absolute Gasteiger partial charge is 0.310 e. The lowest BCUT2D eigenvalue weighted by Crippen LogP contribution is -2.38. The summed E-state index contributed by atoms with van der Waals surface area (Å²) in [6, 6.07) is 14.4. The van der Waals surface area contributed by atoms with E-state index < -0.39 is 0 Å². The third-order valence-electron chi connectivity index (χ3n) is 5.95. The van der Waals surface area contributed by atoms with Gasteiger partial charge >= 0.3 is 5.97 Å². The average molecular weight is 444 g/mol. The molecule has 4 nitrogen and oxygen atoms in total. The number of nitrogens with one attached hydrogen (secondary N) is 1. The van der Waals surface area contributed by atoms with Crippen molar-refractivity contribution in [2.75, 3.05) is 19.7 Å². The molecule has 1 atom stereocenters. The molecule has 2 aliphatic rings. The van der Waals surface area contributed by atoms with Gasteiger partial charge in [-0.1, -0.05) is 40.2 Å². The summed E-state index contributed by atoms with van der Waals surface area (Å²) in [4.78, 5) is 12.0. The Morgan fingerprint density at radius 1 is 1.21 bits per heavy atom. The maximum atomic E-state index is 12.0. The molecule has 148 valence electrons. The first-order valence-electron chi connectivity index (χ1n) is 10.0. The highest BCUT2D eigenvalue weighted by molar-refractivity contribution is 9.10. The van der Waals surface area contributed by atoms with Crippen LogP contribution in [-0.2, 0) is 21.4 Å². The first-order valence-corrected chi connectivity index (χ1v) is 10.8. The van der Waals surface area contributed by atoms with Crippen molar-refractivity contribution in [3.63, 3.8) is 0 Å². The molecular weight excluding hydrogens is 418 g/mol. The minimum absolute atomic E-state index is 0.00561. The van der Waals surface area contributed by atoms with E-state index in [0.29, 0.717) is 6.61 Å². The zero-order chi connectivity index (χ0) is 19.6. The second-order valence-corrected chi connectivity index (χ2v) is 8.58. The molecule has 4 rings (SSSR count). The van der Waals surface area contributed by atoms with Crippen LogP contribution in [0.15, 0.2) is 46.9 Å². The Balaban J connectivity index is 1.63. The molecule has 0 bridgehead atoms. The summed E-state index contributed by atoms with van der Waals surface area (Å²) >= 11 is 3.63. The van der Waals surface area contributed by atoms with E-state index in [1.165, 1.54) is 11.1 Å². The van der Waals surface area contributed by atoms with Crippen molar-refractivity contribution < 1.29 is 14.3 Å². The summed E-state index contributed by atoms with van der Waals surface area (Å²) in [5.41, 5.74) is 3.75. The van der Waals surface area contributed by atoms with Crippen LogP contribution in [-0.4, -0.2) is 25.7 Å². The van der Waals surface area contributed by atoms with Crippen molar-refractivity contribution in [2.24, 2.45) is 0 Å². The Labute approximate surface area is 174 Å². The lowest BCUT2D eigenvalue weighted by Gasteiger charge is -2.35. The molecule has 2 aromatic rings. The van der Waals surface area contributed by atoms with Gasteiger partial charge in [-0.25, -0.2) is 0 Å². The van der Waals surface area contributed by atoms with E-state index in [2.05, 4.69) is 39.4 Å². The minimum Gasteiger partial charge on any atom is -0.485 e. The molecule has 0 saturated carbocycles. The summed E-state index contributed by atoms with van der Waals surface area (Å²) in [6.07, 6.45) is 3.47. The fourth-order valence-electron chi connectivity index (χ4n) is 4.63. The van der Waals surface area contributed by atoms with Gasteiger partial charge in [-0.3, -0.25) is 4.79 Å². The maximum absolute atomic E-state index is 12.0. The number of piperidine rings is 1. The number of halogens is 1. The van der Waals surface area contributed by atoms with E-state index >= 15 is 0 Å². The number of carbonyl (C=O) groups is 1. The number of rotatable bonds is 5. The molecule has 1 spiro atoms. The quantitative estimate of drug-likeness (QED) is 0.680. The Kier molecular flexibility index (Phi) is 5.74. The Morgan fingerprint density at radius 2 is 2.00 bits per heavy atom. The van der Waals surface area contributed by atoms with Crippen LogP contribution in [0.25, 0.3) is 0 Å². The zero-order valence-electron chi connectivity index (χ0n) is 16.2. The molecule has 1 aliphatic carbocycles. The monoisotopic (exact) mass is 443 g/mol. The molecule has 1 fully saturated rings. The lowest BCUT2D eigenvalue weighted by molar-refractivity contribution is -0.142. The van der Waals surface area contributed by atoms with Gasteiger partial charge < -0.3 is 14.8 Å². The van der Waals surface area contributed by atoms with Crippen LogP contribution in [0.2, 0.25) is 0 Å². The first-order chi connectivity index (χ1) is 13.6. The van der Waals surface area contributed by atoms with Crippen molar-refractivity contribution in [2.45, 2.75) is 44.1 Å². The molecule has 2 aromatic carbocycles. The van der Waals surface area contributed by atoms with E-state index in [0.717, 1.165) is 48.1 Å². The molecule has 0 unspecified atom stereocenters. The zero-order valence-corrected chi connectivity index (χ0v) is 17.8. The number of ether oxygens (including phenoxy) is 2. The van der Waals surface area contributed by atoms with Gasteiger partial charge in [-0.15, -0.1) is 0 Å². The molecule has 1 N–H and O–H groups in total. The van der Waals surface area contributed by atoms with Crippen LogP contribution in [0, 0.1) is 0 Å². The van der Waals surface area contributed by atoms with E-state index in [-0.39, 0.29) is 23.9 Å². The Morgan fingerprint density at radius 3 is 2.79 bits per heavy atom. The van der Waals surface area contributed by atoms with Crippen LogP contribution in [0.4, 0.5) is 0 Å². The highest BCUT2D eigenvalue weighted by Gasteiger charge is 2.45. The number of fused-ring (bicyclic) bond motifs is 2. The van der Waals surface area contributed by atoms with Crippen LogP contribution < -0.4 is 10.1 Å². The van der Waals surface area contributed by atoms with Crippen LogP contribution in [0.3, 0.4) is 0 Å². The van der Waals surface area contributed by atoms with Crippen molar-refractivity contribution in [1.82, 2.24) is 5.32 Å². The third kappa shape index (κ3) is 3.83. The van der Waals surface area contributed by atoms with Gasteiger partial charge in [-0.05, 0) is 68.6 Å². The highest BCUT2D eigenvalue weighted by atomic mass is 79.9. The number of esters is 1. The molecule has 0 amide bonds. The number of hydrogen-bond acceptors (Lipinski definition) is 4. The Hall–Kier alpha value is -1.85. The van der Waals surface area contributed by atoms with Gasteiger partial charge in [0.2, 0.25) is 0 Å². The predicted molar refractivity (Wildman–Crippen MR) is 113 cm³/mol. The van der Waals surface area contributed by atoms with Crippen molar-refractivity contribution in [1.29, 1.82) is 0 Å². The van der Waals surface area contributed by atoms with E-state index in [4.69, 9.17) is 9.47 Å². The maximum Gasteiger partial charge on any atom is 0.310 e. The number of carbonyl (C=O) groups excluding carboxylic acids is 1. The second-order valence-electron chi connectivity index (χ2n) is 7.66. The number of para-hydroxylation sites is 1. The number of benzene rings is 2. The Bertz CT molecular complexity index is 861. The summed E-state index contributed by atoms with van der Waals surface area (Å²) in [5, 5.41) is 3.48. The molecule has 5 heteroatoms. The van der Waals surface area contributed by atoms with Crippen LogP contribution in [0.1, 0.15) is 49.0 Å². The van der Waals surface area contributed by atoms with Crippen LogP contribution >= 0.6 is 15.9 Å². The molecule has 1 aliphatic heterocycles.